The summed E-state index contributed by atoms with van der Waals surface area (Å²) in [6.45, 7) is 0. The Labute approximate surface area is 57.7 Å². The van der Waals surface area contributed by atoms with Crippen molar-refractivity contribution in [1.29, 1.82) is 0 Å². The molecule has 0 atom stereocenters. The molecule has 0 N–H and O–H groups in total. The van der Waals surface area contributed by atoms with Crippen molar-refractivity contribution in [2.24, 2.45) is 0 Å². The molecule has 0 heterocycles. The van der Waals surface area contributed by atoms with Crippen molar-refractivity contribution in [2.45, 2.75) is 0 Å². The summed E-state index contributed by atoms with van der Waals surface area (Å²) in [7, 11) is 0. The van der Waals surface area contributed by atoms with E-state index in [1.54, 1.807) is 0 Å². The van der Waals surface area contributed by atoms with E-state index in [2.05, 4.69) is 15.9 Å². The fourth-order valence-electron chi connectivity index (χ4n) is 0.526. The molecule has 0 aromatic heterocycles. The van der Waals surface area contributed by atoms with E-state index >= 15 is 0 Å². The Bertz CT molecular complexity index is 146. The van der Waals surface area contributed by atoms with Gasteiger partial charge in [0.1, 0.15) is 0 Å². The van der Waals surface area contributed by atoms with Crippen LogP contribution < -0.4 is 0 Å². The predicted octanol–water partition coefficient (Wildman–Crippen LogP) is 2.59. The fraction of sp³-hybridized carbons (Fsp3) is 0. The van der Waals surface area contributed by atoms with Crippen LogP contribution in [-0.4, -0.2) is 0 Å². The third-order valence-electron chi connectivity index (χ3n) is 0.926. The first kappa shape index (κ1) is 5.83. The molecular weight excluding hydrogens is 164 g/mol. The number of benzene rings is 1. The number of rotatable bonds is 1. The maximum atomic E-state index is 3.23. The highest BCUT2D eigenvalue weighted by Crippen LogP contribution is 2.04. The van der Waals surface area contributed by atoms with Gasteiger partial charge in [-0.1, -0.05) is 46.3 Å². The lowest BCUT2D eigenvalue weighted by Gasteiger charge is -1.87. The Kier molecular flexibility index (Phi) is 2.10. The van der Waals surface area contributed by atoms with Crippen LogP contribution in [0.4, 0.5) is 0 Å². The van der Waals surface area contributed by atoms with Gasteiger partial charge in [-0.15, -0.1) is 0 Å². The van der Waals surface area contributed by atoms with Crippen molar-refractivity contribution >= 4 is 15.9 Å². The van der Waals surface area contributed by atoms with Gasteiger partial charge in [0.2, 0.25) is 0 Å². The van der Waals surface area contributed by atoms with E-state index in [-0.39, 0.29) is 0 Å². The molecule has 0 nitrogen and oxygen atoms in total. The average Bonchev–Trinajstić information content (AvgIpc) is 1.90. The summed E-state index contributed by atoms with van der Waals surface area (Å²) in [6, 6.07) is 10.1. The first-order valence-corrected chi connectivity index (χ1v) is 3.33. The van der Waals surface area contributed by atoms with Gasteiger partial charge in [-0.25, -0.2) is 0 Å². The van der Waals surface area contributed by atoms with Crippen LogP contribution in [-0.2, 0) is 0 Å². The normalized spacial score (nSPS) is 9.12. The van der Waals surface area contributed by atoms with Crippen LogP contribution in [0.2, 0.25) is 0 Å². The Morgan fingerprint density at radius 2 is 1.75 bits per heavy atom. The van der Waals surface area contributed by atoms with E-state index in [0.717, 1.165) is 0 Å². The second-order valence-corrected chi connectivity index (χ2v) is 1.98. The minimum atomic E-state index is 1.20. The average molecular weight is 170 g/mol. The van der Waals surface area contributed by atoms with Crippen molar-refractivity contribution in [1.82, 2.24) is 0 Å². The van der Waals surface area contributed by atoms with E-state index < -0.39 is 0 Å². The maximum absolute atomic E-state index is 3.23. The molecule has 0 bridgehead atoms. The van der Waals surface area contributed by atoms with Crippen molar-refractivity contribution in [3.05, 3.63) is 41.2 Å². The summed E-state index contributed by atoms with van der Waals surface area (Å²) < 4.78 is 0. The summed E-state index contributed by atoms with van der Waals surface area (Å²) in [5.74, 6) is 0. The van der Waals surface area contributed by atoms with Gasteiger partial charge in [-0.2, -0.15) is 0 Å². The van der Waals surface area contributed by atoms with Crippen LogP contribution in [0.5, 0.6) is 0 Å². The summed E-state index contributed by atoms with van der Waals surface area (Å²) >= 11 is 3.23. The molecule has 0 saturated carbocycles. The lowest BCUT2D eigenvalue weighted by Crippen LogP contribution is -1.68. The second kappa shape index (κ2) is 2.88. The number of hydrogen-bond donors (Lipinski definition) is 0. The van der Waals surface area contributed by atoms with Gasteiger partial charge in [0.15, 0.2) is 0 Å². The highest BCUT2D eigenvalue weighted by Gasteiger charge is 1.82. The number of hydrogen-bond acceptors (Lipinski definition) is 0. The van der Waals surface area contributed by atoms with Crippen LogP contribution in [0, 0.1) is 5.33 Å². The lowest BCUT2D eigenvalue weighted by molar-refractivity contribution is 1.60. The van der Waals surface area contributed by atoms with E-state index in [1.165, 1.54) is 5.56 Å². The molecule has 0 unspecified atom stereocenters. The van der Waals surface area contributed by atoms with Gasteiger partial charge < -0.3 is 0 Å². The molecule has 41 valence electrons. The monoisotopic (exact) mass is 169 g/mol. The molecular formula is C7H6Br. The molecule has 0 aliphatic heterocycles. The summed E-state index contributed by atoms with van der Waals surface area (Å²) in [5, 5.41) is 1.90. The first-order chi connectivity index (χ1) is 3.93. The third kappa shape index (κ3) is 1.34. The van der Waals surface area contributed by atoms with Crippen LogP contribution >= 0.6 is 15.9 Å². The Hall–Kier alpha value is -0.300. The predicted molar refractivity (Wildman–Crippen MR) is 38.8 cm³/mol. The van der Waals surface area contributed by atoms with Gasteiger partial charge in [0.05, 0.1) is 5.33 Å². The van der Waals surface area contributed by atoms with Gasteiger partial charge in [-0.05, 0) is 5.56 Å². The zero-order valence-corrected chi connectivity index (χ0v) is 5.93. The molecule has 1 radical (unpaired) electrons. The maximum Gasteiger partial charge on any atom is 0.0561 e. The van der Waals surface area contributed by atoms with E-state index in [0.29, 0.717) is 0 Å². The summed E-state index contributed by atoms with van der Waals surface area (Å²) in [5.41, 5.74) is 1.20. The molecule has 8 heavy (non-hydrogen) atoms. The first-order valence-electron chi connectivity index (χ1n) is 2.42. The minimum absolute atomic E-state index is 1.20. The number of halogens is 1. The molecule has 1 rings (SSSR count). The molecule has 0 amide bonds. The molecule has 1 aromatic rings. The Morgan fingerprint density at radius 3 is 2.12 bits per heavy atom. The van der Waals surface area contributed by atoms with Crippen molar-refractivity contribution in [2.75, 3.05) is 0 Å². The SMILES string of the molecule is Br[CH]c1ccccc1. The molecule has 0 aliphatic carbocycles. The zero-order chi connectivity index (χ0) is 5.82. The Balaban J connectivity index is 2.83. The Morgan fingerprint density at radius 1 is 1.12 bits per heavy atom. The largest absolute Gasteiger partial charge is 0.0823 e. The molecule has 1 heteroatoms. The van der Waals surface area contributed by atoms with E-state index in [9.17, 15) is 0 Å². The van der Waals surface area contributed by atoms with E-state index in [1.807, 2.05) is 35.7 Å². The molecule has 1 aromatic carbocycles. The van der Waals surface area contributed by atoms with Crippen molar-refractivity contribution in [3.8, 4) is 0 Å². The molecule has 0 aliphatic rings. The van der Waals surface area contributed by atoms with Crippen LogP contribution in [0.15, 0.2) is 30.3 Å². The van der Waals surface area contributed by atoms with Gasteiger partial charge >= 0.3 is 0 Å². The smallest absolute Gasteiger partial charge is 0.0561 e. The zero-order valence-electron chi connectivity index (χ0n) is 4.34. The summed E-state index contributed by atoms with van der Waals surface area (Å²) in [6.07, 6.45) is 0. The van der Waals surface area contributed by atoms with Crippen LogP contribution in [0.1, 0.15) is 5.56 Å². The fourth-order valence-corrected chi connectivity index (χ4v) is 0.831. The van der Waals surface area contributed by atoms with E-state index in [4.69, 9.17) is 0 Å². The van der Waals surface area contributed by atoms with Gasteiger partial charge in [-0.3, -0.25) is 0 Å². The molecule has 0 saturated heterocycles. The van der Waals surface area contributed by atoms with Crippen LogP contribution in [0.25, 0.3) is 0 Å². The van der Waals surface area contributed by atoms with Crippen molar-refractivity contribution in [3.63, 3.8) is 0 Å². The van der Waals surface area contributed by atoms with Gasteiger partial charge in [0.25, 0.3) is 0 Å². The minimum Gasteiger partial charge on any atom is -0.0823 e. The second-order valence-electron chi connectivity index (χ2n) is 1.52. The quantitative estimate of drug-likeness (QED) is 0.607. The van der Waals surface area contributed by atoms with Crippen LogP contribution in [0.3, 0.4) is 0 Å². The van der Waals surface area contributed by atoms with Gasteiger partial charge in [0, 0.05) is 0 Å². The molecule has 0 fully saturated rings. The summed E-state index contributed by atoms with van der Waals surface area (Å²) in [4.78, 5) is 0. The highest BCUT2D eigenvalue weighted by atomic mass is 79.9. The third-order valence-corrected chi connectivity index (χ3v) is 1.45. The topological polar surface area (TPSA) is 0 Å². The highest BCUT2D eigenvalue weighted by molar-refractivity contribution is 9.10. The van der Waals surface area contributed by atoms with Crippen molar-refractivity contribution < 1.29 is 0 Å². The molecule has 0 spiro atoms. The standard InChI is InChI=1S/C7H6Br/c8-6-7-4-2-1-3-5-7/h1-6H. The lowest BCUT2D eigenvalue weighted by atomic mass is 10.2.